The van der Waals surface area contributed by atoms with Crippen LogP contribution in [-0.4, -0.2) is 25.4 Å². The number of hydrazine groups is 1. The average molecular weight is 276 g/mol. The summed E-state index contributed by atoms with van der Waals surface area (Å²) >= 11 is 0. The van der Waals surface area contributed by atoms with E-state index in [1.54, 1.807) is 32.9 Å². The van der Waals surface area contributed by atoms with Gasteiger partial charge in [-0.05, 0) is 46.8 Å². The van der Waals surface area contributed by atoms with Crippen molar-refractivity contribution >= 4 is 25.3 Å². The summed E-state index contributed by atoms with van der Waals surface area (Å²) in [6, 6.07) is 3.57. The summed E-state index contributed by atoms with van der Waals surface area (Å²) in [7, 11) is 2.01. The Hall–Kier alpha value is -1.98. The van der Waals surface area contributed by atoms with Gasteiger partial charge in [0.2, 0.25) is 0 Å². The summed E-state index contributed by atoms with van der Waals surface area (Å²) in [4.78, 5) is 23.4. The number of carbonyl (C=O) groups is 2. The van der Waals surface area contributed by atoms with E-state index in [0.717, 1.165) is 16.6 Å². The van der Waals surface area contributed by atoms with Gasteiger partial charge in [-0.15, -0.1) is 0 Å². The number of rotatable bonds is 1. The van der Waals surface area contributed by atoms with Gasteiger partial charge in [0.05, 0.1) is 0 Å². The highest BCUT2D eigenvalue weighted by molar-refractivity contribution is 6.34. The van der Waals surface area contributed by atoms with E-state index in [1.165, 1.54) is 0 Å². The standard InChI is InChI=1S/C14H21BN2O3/c1-8-6-10(7-9(2)11(8)15)12(18)16-17-13(19)20-14(3,4)5/h6-7H,15H2,1-5H3,(H,16,18)(H,17,19). The Morgan fingerprint density at radius 1 is 1.10 bits per heavy atom. The van der Waals surface area contributed by atoms with Crippen molar-refractivity contribution in [2.75, 3.05) is 0 Å². The topological polar surface area (TPSA) is 67.4 Å². The van der Waals surface area contributed by atoms with Gasteiger partial charge in [0.15, 0.2) is 0 Å². The van der Waals surface area contributed by atoms with Crippen molar-refractivity contribution in [3.05, 3.63) is 28.8 Å². The lowest BCUT2D eigenvalue weighted by Crippen LogP contribution is -2.44. The SMILES string of the molecule is Bc1c(C)cc(C(=O)NNC(=O)OC(C)(C)C)cc1C. The number of nitrogens with one attached hydrogen (secondary N) is 2. The summed E-state index contributed by atoms with van der Waals surface area (Å²) in [5.41, 5.74) is 7.68. The van der Waals surface area contributed by atoms with Crippen molar-refractivity contribution < 1.29 is 14.3 Å². The molecule has 5 nitrogen and oxygen atoms in total. The zero-order valence-corrected chi connectivity index (χ0v) is 12.9. The molecule has 0 saturated carbocycles. The van der Waals surface area contributed by atoms with Crippen molar-refractivity contribution in [3.63, 3.8) is 0 Å². The minimum Gasteiger partial charge on any atom is -0.443 e. The van der Waals surface area contributed by atoms with Crippen LogP contribution in [0, 0.1) is 13.8 Å². The third-order valence-corrected chi connectivity index (χ3v) is 2.87. The highest BCUT2D eigenvalue weighted by atomic mass is 16.6. The van der Waals surface area contributed by atoms with E-state index in [0.29, 0.717) is 5.56 Å². The van der Waals surface area contributed by atoms with Gasteiger partial charge < -0.3 is 4.74 Å². The normalized spacial score (nSPS) is 10.8. The predicted molar refractivity (Wildman–Crippen MR) is 80.9 cm³/mol. The van der Waals surface area contributed by atoms with Gasteiger partial charge in [0.1, 0.15) is 13.4 Å². The van der Waals surface area contributed by atoms with E-state index in [-0.39, 0.29) is 5.91 Å². The van der Waals surface area contributed by atoms with E-state index >= 15 is 0 Å². The molecular weight excluding hydrogens is 255 g/mol. The number of ether oxygens (including phenoxy) is 1. The Morgan fingerprint density at radius 3 is 2.05 bits per heavy atom. The van der Waals surface area contributed by atoms with Gasteiger partial charge in [0.25, 0.3) is 5.91 Å². The summed E-state index contributed by atoms with van der Waals surface area (Å²) in [5.74, 6) is -0.373. The molecule has 1 rings (SSSR count). The van der Waals surface area contributed by atoms with Gasteiger partial charge >= 0.3 is 6.09 Å². The van der Waals surface area contributed by atoms with Gasteiger partial charge in [-0.3, -0.25) is 10.2 Å². The predicted octanol–water partition coefficient (Wildman–Crippen LogP) is 0.731. The fraction of sp³-hybridized carbons (Fsp3) is 0.429. The third-order valence-electron chi connectivity index (χ3n) is 2.87. The molecule has 0 spiro atoms. The van der Waals surface area contributed by atoms with Crippen LogP contribution in [0.25, 0.3) is 0 Å². The van der Waals surface area contributed by atoms with Gasteiger partial charge in [0, 0.05) is 5.56 Å². The molecule has 0 radical (unpaired) electrons. The Kier molecular flexibility index (Phi) is 4.81. The number of amides is 2. The summed E-state index contributed by atoms with van der Waals surface area (Å²) in [5, 5.41) is 0. The molecule has 0 heterocycles. The van der Waals surface area contributed by atoms with Crippen molar-refractivity contribution in [2.45, 2.75) is 40.2 Å². The Balaban J connectivity index is 2.66. The Labute approximate surface area is 120 Å². The molecule has 1 aromatic rings. The molecule has 0 aromatic heterocycles. The summed E-state index contributed by atoms with van der Waals surface area (Å²) in [6.45, 7) is 9.14. The lowest BCUT2D eigenvalue weighted by atomic mass is 9.85. The largest absolute Gasteiger partial charge is 0.443 e. The smallest absolute Gasteiger partial charge is 0.426 e. The van der Waals surface area contributed by atoms with E-state index < -0.39 is 11.7 Å². The number of benzene rings is 1. The molecule has 108 valence electrons. The number of hydrogen-bond acceptors (Lipinski definition) is 3. The maximum absolute atomic E-state index is 11.9. The summed E-state index contributed by atoms with van der Waals surface area (Å²) in [6.07, 6.45) is -0.689. The molecule has 2 N–H and O–H groups in total. The average Bonchev–Trinajstić information content (AvgIpc) is 2.30. The van der Waals surface area contributed by atoms with Crippen LogP contribution in [0.5, 0.6) is 0 Å². The first-order valence-corrected chi connectivity index (χ1v) is 6.47. The number of aryl methyl sites for hydroxylation is 2. The lowest BCUT2D eigenvalue weighted by molar-refractivity contribution is 0.0483. The van der Waals surface area contributed by atoms with Crippen LogP contribution in [0.2, 0.25) is 0 Å². The lowest BCUT2D eigenvalue weighted by Gasteiger charge is -2.19. The molecule has 20 heavy (non-hydrogen) atoms. The molecule has 0 aliphatic rings. The second kappa shape index (κ2) is 5.99. The van der Waals surface area contributed by atoms with Crippen LogP contribution in [0.3, 0.4) is 0 Å². The van der Waals surface area contributed by atoms with Crippen LogP contribution >= 0.6 is 0 Å². The van der Waals surface area contributed by atoms with Crippen molar-refractivity contribution in [3.8, 4) is 0 Å². The van der Waals surface area contributed by atoms with E-state index in [1.807, 2.05) is 21.7 Å². The first kappa shape index (κ1) is 16.1. The van der Waals surface area contributed by atoms with Crippen LogP contribution in [0.4, 0.5) is 4.79 Å². The third kappa shape index (κ3) is 4.61. The highest BCUT2D eigenvalue weighted by Gasteiger charge is 2.17. The van der Waals surface area contributed by atoms with E-state index in [9.17, 15) is 9.59 Å². The fourth-order valence-electron chi connectivity index (χ4n) is 1.65. The second-order valence-electron chi connectivity index (χ2n) is 5.82. The minimum atomic E-state index is -0.689. The zero-order chi connectivity index (χ0) is 15.5. The summed E-state index contributed by atoms with van der Waals surface area (Å²) < 4.78 is 5.03. The highest BCUT2D eigenvalue weighted by Crippen LogP contribution is 2.07. The monoisotopic (exact) mass is 276 g/mol. The van der Waals surface area contributed by atoms with Crippen LogP contribution in [0.15, 0.2) is 12.1 Å². The van der Waals surface area contributed by atoms with Gasteiger partial charge in [-0.1, -0.05) is 16.6 Å². The quantitative estimate of drug-likeness (QED) is 0.587. The number of hydrogen-bond donors (Lipinski definition) is 2. The zero-order valence-electron chi connectivity index (χ0n) is 12.9. The van der Waals surface area contributed by atoms with Crippen molar-refractivity contribution in [1.82, 2.24) is 10.9 Å². The molecule has 0 aliphatic heterocycles. The van der Waals surface area contributed by atoms with E-state index in [4.69, 9.17) is 4.74 Å². The first-order valence-electron chi connectivity index (χ1n) is 6.47. The maximum Gasteiger partial charge on any atom is 0.426 e. The number of carbonyl (C=O) groups excluding carboxylic acids is 2. The molecule has 0 aliphatic carbocycles. The van der Waals surface area contributed by atoms with Gasteiger partial charge in [-0.25, -0.2) is 10.2 Å². The second-order valence-corrected chi connectivity index (χ2v) is 5.82. The van der Waals surface area contributed by atoms with E-state index in [2.05, 4.69) is 10.9 Å². The molecule has 2 amide bonds. The molecule has 0 unspecified atom stereocenters. The molecular formula is C14H21BN2O3. The van der Waals surface area contributed by atoms with Crippen LogP contribution in [0.1, 0.15) is 42.3 Å². The molecule has 6 heteroatoms. The first-order chi connectivity index (χ1) is 9.10. The Bertz CT molecular complexity index is 513. The molecule has 0 bridgehead atoms. The fourth-order valence-corrected chi connectivity index (χ4v) is 1.65. The van der Waals surface area contributed by atoms with Crippen LogP contribution in [-0.2, 0) is 4.74 Å². The van der Waals surface area contributed by atoms with Crippen molar-refractivity contribution in [2.24, 2.45) is 0 Å². The Morgan fingerprint density at radius 2 is 1.60 bits per heavy atom. The molecule has 1 aromatic carbocycles. The molecule has 0 fully saturated rings. The maximum atomic E-state index is 11.9. The molecule has 0 saturated heterocycles. The van der Waals surface area contributed by atoms with Crippen molar-refractivity contribution in [1.29, 1.82) is 0 Å². The van der Waals surface area contributed by atoms with Crippen LogP contribution < -0.4 is 16.3 Å². The van der Waals surface area contributed by atoms with Gasteiger partial charge in [-0.2, -0.15) is 0 Å². The minimum absolute atomic E-state index is 0.373. The molecule has 0 atom stereocenters.